The van der Waals surface area contributed by atoms with E-state index in [9.17, 15) is 9.59 Å². The van der Waals surface area contributed by atoms with Crippen LogP contribution in [-0.2, 0) is 20.6 Å². The summed E-state index contributed by atoms with van der Waals surface area (Å²) in [5.74, 6) is 0. The SMILES string of the molecule is O=C(O)OC(COC(=O)OCCc1ccccc1)c1ccccc1. The van der Waals surface area contributed by atoms with E-state index < -0.39 is 18.4 Å². The molecule has 24 heavy (non-hydrogen) atoms. The van der Waals surface area contributed by atoms with Crippen LogP contribution in [0.5, 0.6) is 0 Å². The molecule has 0 fully saturated rings. The molecule has 0 aromatic heterocycles. The molecule has 6 nitrogen and oxygen atoms in total. The lowest BCUT2D eigenvalue weighted by molar-refractivity contribution is -0.00572. The summed E-state index contributed by atoms with van der Waals surface area (Å²) < 4.78 is 14.7. The molecule has 2 rings (SSSR count). The lowest BCUT2D eigenvalue weighted by atomic mass is 10.1. The van der Waals surface area contributed by atoms with Gasteiger partial charge in [0, 0.05) is 6.42 Å². The van der Waals surface area contributed by atoms with E-state index in [1.54, 1.807) is 30.3 Å². The Morgan fingerprint density at radius 2 is 1.54 bits per heavy atom. The van der Waals surface area contributed by atoms with E-state index in [1.165, 1.54) is 0 Å². The minimum atomic E-state index is -1.44. The van der Waals surface area contributed by atoms with Crippen molar-refractivity contribution in [2.75, 3.05) is 13.2 Å². The van der Waals surface area contributed by atoms with Gasteiger partial charge in [-0.2, -0.15) is 0 Å². The zero-order valence-corrected chi connectivity index (χ0v) is 13.0. The van der Waals surface area contributed by atoms with E-state index in [4.69, 9.17) is 19.3 Å². The maximum atomic E-state index is 11.6. The first kappa shape index (κ1) is 17.3. The van der Waals surface area contributed by atoms with Crippen LogP contribution in [0.3, 0.4) is 0 Å². The molecule has 1 atom stereocenters. The maximum Gasteiger partial charge on any atom is 0.508 e. The second-order valence-corrected chi connectivity index (χ2v) is 4.93. The van der Waals surface area contributed by atoms with Gasteiger partial charge >= 0.3 is 12.3 Å². The van der Waals surface area contributed by atoms with Crippen LogP contribution in [-0.4, -0.2) is 30.6 Å². The van der Waals surface area contributed by atoms with E-state index in [0.717, 1.165) is 5.56 Å². The van der Waals surface area contributed by atoms with Gasteiger partial charge in [0.15, 0.2) is 6.10 Å². The predicted octanol–water partition coefficient (Wildman–Crippen LogP) is 3.82. The standard InChI is InChI=1S/C18H18O6/c19-17(20)24-16(15-9-5-2-6-10-15)13-23-18(21)22-12-11-14-7-3-1-4-8-14/h1-10,16H,11-13H2,(H,19,20). The van der Waals surface area contributed by atoms with E-state index in [0.29, 0.717) is 12.0 Å². The fourth-order valence-electron chi connectivity index (χ4n) is 2.07. The predicted molar refractivity (Wildman–Crippen MR) is 85.7 cm³/mol. The van der Waals surface area contributed by atoms with Crippen molar-refractivity contribution in [1.82, 2.24) is 0 Å². The largest absolute Gasteiger partial charge is 0.508 e. The highest BCUT2D eigenvalue weighted by Gasteiger charge is 2.19. The minimum absolute atomic E-state index is 0.179. The molecule has 0 aliphatic heterocycles. The van der Waals surface area contributed by atoms with Crippen LogP contribution in [0.25, 0.3) is 0 Å². The molecular formula is C18H18O6. The summed E-state index contributed by atoms with van der Waals surface area (Å²) in [4.78, 5) is 22.4. The molecule has 0 amide bonds. The lowest BCUT2D eigenvalue weighted by Crippen LogP contribution is -2.19. The number of carboxylic acid groups (broad SMARTS) is 1. The molecule has 0 radical (unpaired) electrons. The fraction of sp³-hybridized carbons (Fsp3) is 0.222. The van der Waals surface area contributed by atoms with Crippen LogP contribution in [0.2, 0.25) is 0 Å². The van der Waals surface area contributed by atoms with Crippen molar-refractivity contribution in [2.45, 2.75) is 12.5 Å². The Morgan fingerprint density at radius 1 is 0.917 bits per heavy atom. The van der Waals surface area contributed by atoms with Gasteiger partial charge in [0.2, 0.25) is 0 Å². The quantitative estimate of drug-likeness (QED) is 0.777. The van der Waals surface area contributed by atoms with Gasteiger partial charge < -0.3 is 19.3 Å². The van der Waals surface area contributed by atoms with Gasteiger partial charge in [-0.25, -0.2) is 9.59 Å². The molecule has 6 heteroatoms. The fourth-order valence-corrected chi connectivity index (χ4v) is 2.07. The van der Waals surface area contributed by atoms with Gasteiger partial charge in [-0.3, -0.25) is 0 Å². The van der Waals surface area contributed by atoms with Crippen molar-refractivity contribution in [1.29, 1.82) is 0 Å². The maximum absolute atomic E-state index is 11.6. The summed E-state index contributed by atoms with van der Waals surface area (Å²) in [6, 6.07) is 18.2. The normalized spacial score (nSPS) is 11.3. The minimum Gasteiger partial charge on any atom is -0.450 e. The van der Waals surface area contributed by atoms with Crippen LogP contribution >= 0.6 is 0 Å². The molecule has 0 aliphatic rings. The topological polar surface area (TPSA) is 82.1 Å². The Morgan fingerprint density at radius 3 is 2.17 bits per heavy atom. The smallest absolute Gasteiger partial charge is 0.450 e. The van der Waals surface area contributed by atoms with Gasteiger partial charge in [0.25, 0.3) is 0 Å². The first-order valence-corrected chi connectivity index (χ1v) is 7.43. The van der Waals surface area contributed by atoms with E-state index in [2.05, 4.69) is 0 Å². The first-order valence-electron chi connectivity index (χ1n) is 7.43. The molecule has 0 heterocycles. The van der Waals surface area contributed by atoms with Gasteiger partial charge in [-0.1, -0.05) is 60.7 Å². The summed E-state index contributed by atoms with van der Waals surface area (Å²) in [5.41, 5.74) is 1.64. The highest BCUT2D eigenvalue weighted by atomic mass is 16.7. The van der Waals surface area contributed by atoms with E-state index in [1.807, 2.05) is 30.3 Å². The Balaban J connectivity index is 1.78. The lowest BCUT2D eigenvalue weighted by Gasteiger charge is -2.16. The number of carbonyl (C=O) groups excluding carboxylic acids is 1. The molecule has 1 unspecified atom stereocenters. The molecule has 2 aromatic carbocycles. The summed E-state index contributed by atoms with van der Waals surface area (Å²) >= 11 is 0. The molecule has 0 bridgehead atoms. The molecule has 0 spiro atoms. The van der Waals surface area contributed by atoms with E-state index >= 15 is 0 Å². The zero-order valence-electron chi connectivity index (χ0n) is 13.0. The number of benzene rings is 2. The van der Waals surface area contributed by atoms with Gasteiger partial charge in [-0.05, 0) is 11.1 Å². The summed E-state index contributed by atoms with van der Waals surface area (Å²) in [6.45, 7) is -0.0703. The summed E-state index contributed by atoms with van der Waals surface area (Å²) in [5, 5.41) is 8.78. The monoisotopic (exact) mass is 330 g/mol. The number of hydrogen-bond acceptors (Lipinski definition) is 5. The second-order valence-electron chi connectivity index (χ2n) is 4.93. The van der Waals surface area contributed by atoms with Crippen molar-refractivity contribution in [3.05, 3.63) is 71.8 Å². The highest BCUT2D eigenvalue weighted by Crippen LogP contribution is 2.18. The average Bonchev–Trinajstić information content (AvgIpc) is 2.60. The molecular weight excluding hydrogens is 312 g/mol. The number of carbonyl (C=O) groups is 2. The van der Waals surface area contributed by atoms with Crippen LogP contribution in [0.4, 0.5) is 9.59 Å². The van der Waals surface area contributed by atoms with Gasteiger partial charge in [0.05, 0.1) is 6.61 Å². The second kappa shape index (κ2) is 9.19. The number of ether oxygens (including phenoxy) is 3. The molecule has 2 aromatic rings. The Bertz CT molecular complexity index is 641. The Labute approximate surface area is 139 Å². The van der Waals surface area contributed by atoms with Crippen molar-refractivity contribution < 1.29 is 28.9 Å². The molecule has 1 N–H and O–H groups in total. The Hall–Kier alpha value is -3.02. The van der Waals surface area contributed by atoms with Gasteiger partial charge in [-0.15, -0.1) is 0 Å². The Kier molecular flexibility index (Phi) is 6.64. The first-order chi connectivity index (χ1) is 11.6. The van der Waals surface area contributed by atoms with E-state index in [-0.39, 0.29) is 13.2 Å². The van der Waals surface area contributed by atoms with Crippen LogP contribution in [0.1, 0.15) is 17.2 Å². The van der Waals surface area contributed by atoms with Gasteiger partial charge in [0.1, 0.15) is 6.61 Å². The molecule has 0 saturated heterocycles. The number of hydrogen-bond donors (Lipinski definition) is 1. The number of rotatable bonds is 7. The third-order valence-corrected chi connectivity index (χ3v) is 3.22. The van der Waals surface area contributed by atoms with Crippen LogP contribution in [0, 0.1) is 0 Å². The summed E-state index contributed by atoms with van der Waals surface area (Å²) in [6.07, 6.45) is -2.62. The van der Waals surface area contributed by atoms with Crippen molar-refractivity contribution in [2.24, 2.45) is 0 Å². The zero-order chi connectivity index (χ0) is 17.2. The third kappa shape index (κ3) is 6.00. The van der Waals surface area contributed by atoms with Crippen molar-refractivity contribution in [3.63, 3.8) is 0 Å². The highest BCUT2D eigenvalue weighted by molar-refractivity contribution is 5.60. The molecule has 126 valence electrons. The van der Waals surface area contributed by atoms with Crippen LogP contribution in [0.15, 0.2) is 60.7 Å². The molecule has 0 aliphatic carbocycles. The van der Waals surface area contributed by atoms with Crippen molar-refractivity contribution in [3.8, 4) is 0 Å². The molecule has 0 saturated carbocycles. The summed E-state index contributed by atoms with van der Waals surface area (Å²) in [7, 11) is 0. The van der Waals surface area contributed by atoms with Crippen molar-refractivity contribution >= 4 is 12.3 Å². The third-order valence-electron chi connectivity index (χ3n) is 3.22. The average molecular weight is 330 g/mol. The van der Waals surface area contributed by atoms with Crippen LogP contribution < -0.4 is 0 Å².